The highest BCUT2D eigenvalue weighted by Crippen LogP contribution is 2.33. The summed E-state index contributed by atoms with van der Waals surface area (Å²) in [7, 11) is 1.68. The van der Waals surface area contributed by atoms with Crippen molar-refractivity contribution in [3.63, 3.8) is 0 Å². The molecule has 300 valence electrons. The standard InChI is InChI=1S/C42H45N9O7/c1-26(50-25-30(24-45-50)32-23-33(47-48-39(32)43)31-7-3-4-8-37(31)52)28-10-12-29(13-11-28)40(54)44-17-19-58-21-20-57-18-5-6-27-9-14-34-36(22-27)49(2)42(56)51(34)35-15-16-38(53)46-41(35)55/h3-4,7-14,22-26,35,52H,5-6,15-21H2,1-2H3,(H2,43,48)(H,44,54)(H,46,53,55). The number of amides is 3. The fourth-order valence-corrected chi connectivity index (χ4v) is 7.04. The first kappa shape index (κ1) is 39.6. The van der Waals surface area contributed by atoms with Crippen molar-refractivity contribution in [3.8, 4) is 28.1 Å². The predicted octanol–water partition coefficient (Wildman–Crippen LogP) is 3.93. The van der Waals surface area contributed by atoms with Gasteiger partial charge in [0.1, 0.15) is 11.8 Å². The van der Waals surface area contributed by atoms with Crippen molar-refractivity contribution < 1.29 is 29.0 Å². The third-order valence-electron chi connectivity index (χ3n) is 10.3. The Morgan fingerprint density at radius 2 is 1.74 bits per heavy atom. The normalized spacial score (nSPS) is 14.8. The molecule has 0 spiro atoms. The molecule has 5 N–H and O–H groups in total. The number of aromatic hydroxyl groups is 1. The number of anilines is 1. The van der Waals surface area contributed by atoms with Crippen molar-refractivity contribution in [3.05, 3.63) is 112 Å². The molecule has 16 heteroatoms. The topological polar surface area (TPSA) is 211 Å². The first-order chi connectivity index (χ1) is 28.1. The van der Waals surface area contributed by atoms with Gasteiger partial charge in [-0.3, -0.25) is 33.5 Å². The number of nitrogens with two attached hydrogens (primary N) is 1. The van der Waals surface area contributed by atoms with Crippen LogP contribution in [0, 0.1) is 0 Å². The van der Waals surface area contributed by atoms with E-state index in [2.05, 4.69) is 25.9 Å². The number of hydrogen-bond donors (Lipinski definition) is 4. The van der Waals surface area contributed by atoms with Gasteiger partial charge >= 0.3 is 5.69 Å². The molecule has 1 aliphatic rings. The number of phenols is 1. The number of ether oxygens (including phenoxy) is 2. The number of para-hydroxylation sites is 1. The van der Waals surface area contributed by atoms with Crippen LogP contribution in [0.1, 0.15) is 59.8 Å². The van der Waals surface area contributed by atoms with Crippen molar-refractivity contribution in [1.29, 1.82) is 0 Å². The molecule has 2 atom stereocenters. The van der Waals surface area contributed by atoms with Crippen LogP contribution in [0.5, 0.6) is 5.75 Å². The molecule has 1 aliphatic heterocycles. The third kappa shape index (κ3) is 8.67. The maximum Gasteiger partial charge on any atom is 0.329 e. The summed E-state index contributed by atoms with van der Waals surface area (Å²) in [4.78, 5) is 49.8. The van der Waals surface area contributed by atoms with Crippen LogP contribution in [0.15, 0.2) is 90.0 Å². The first-order valence-corrected chi connectivity index (χ1v) is 19.1. The Labute approximate surface area is 333 Å². The highest BCUT2D eigenvalue weighted by Gasteiger charge is 2.31. The van der Waals surface area contributed by atoms with Crippen LogP contribution < -0.4 is 22.1 Å². The number of rotatable bonds is 16. The molecule has 3 aromatic carbocycles. The van der Waals surface area contributed by atoms with Crippen LogP contribution in [-0.4, -0.2) is 84.9 Å². The zero-order valence-electron chi connectivity index (χ0n) is 32.3. The fraction of sp³-hybridized carbons (Fsp3) is 0.310. The highest BCUT2D eigenvalue weighted by atomic mass is 16.5. The maximum atomic E-state index is 13.0. The Morgan fingerprint density at radius 1 is 0.966 bits per heavy atom. The van der Waals surface area contributed by atoms with Crippen LogP contribution >= 0.6 is 0 Å². The van der Waals surface area contributed by atoms with Crippen LogP contribution in [-0.2, 0) is 32.5 Å². The van der Waals surface area contributed by atoms with Crippen molar-refractivity contribution in [2.24, 2.45) is 7.05 Å². The molecule has 2 unspecified atom stereocenters. The number of aryl methyl sites for hydroxylation is 2. The van der Waals surface area contributed by atoms with Gasteiger partial charge in [-0.2, -0.15) is 5.10 Å². The van der Waals surface area contributed by atoms with E-state index in [1.54, 1.807) is 49.6 Å². The molecule has 4 heterocycles. The summed E-state index contributed by atoms with van der Waals surface area (Å²) in [5, 5.41) is 28.3. The van der Waals surface area contributed by atoms with Gasteiger partial charge in [0.15, 0.2) is 5.82 Å². The molecule has 3 aromatic heterocycles. The van der Waals surface area contributed by atoms with Gasteiger partial charge in [0.25, 0.3) is 5.91 Å². The SMILES string of the molecule is CC(c1ccc(C(=O)NCCOCCOCCCc2ccc3c(c2)n(C)c(=O)n3C2CCC(=O)NC2=O)cc1)n1cc(-c2cc(-c3ccccc3O)nnc2N)cn1. The Bertz CT molecular complexity index is 2510. The number of hydrogen-bond acceptors (Lipinski definition) is 11. The minimum Gasteiger partial charge on any atom is -0.507 e. The number of imidazole rings is 1. The summed E-state index contributed by atoms with van der Waals surface area (Å²) < 4.78 is 16.2. The van der Waals surface area contributed by atoms with Crippen LogP contribution in [0.3, 0.4) is 0 Å². The predicted molar refractivity (Wildman–Crippen MR) is 216 cm³/mol. The summed E-state index contributed by atoms with van der Waals surface area (Å²) in [6, 6.07) is 20.9. The quantitative estimate of drug-likeness (QED) is 0.0816. The van der Waals surface area contributed by atoms with E-state index in [0.29, 0.717) is 67.3 Å². The Kier molecular flexibility index (Phi) is 12.0. The summed E-state index contributed by atoms with van der Waals surface area (Å²) in [6.07, 6.45) is 5.59. The Balaban J connectivity index is 0.804. The Hall–Kier alpha value is -6.65. The number of phenolic OH excluding ortho intramolecular Hbond substituents is 1. The zero-order chi connectivity index (χ0) is 40.8. The summed E-state index contributed by atoms with van der Waals surface area (Å²) in [6.45, 7) is 4.04. The van der Waals surface area contributed by atoms with Gasteiger partial charge in [-0.05, 0) is 79.8 Å². The molecule has 3 amide bonds. The number of aromatic nitrogens is 6. The molecular formula is C42H45N9O7. The van der Waals surface area contributed by atoms with Crippen molar-refractivity contribution in [1.82, 2.24) is 39.7 Å². The molecule has 58 heavy (non-hydrogen) atoms. The number of imide groups is 1. The highest BCUT2D eigenvalue weighted by molar-refractivity contribution is 6.00. The molecule has 1 fully saturated rings. The van der Waals surface area contributed by atoms with Gasteiger partial charge in [-0.25, -0.2) is 4.79 Å². The van der Waals surface area contributed by atoms with E-state index in [0.717, 1.165) is 35.0 Å². The molecule has 0 aliphatic carbocycles. The summed E-state index contributed by atoms with van der Waals surface area (Å²) in [5.41, 5.74) is 12.3. The van der Waals surface area contributed by atoms with Gasteiger partial charge in [0.05, 0.1) is 48.8 Å². The van der Waals surface area contributed by atoms with Crippen molar-refractivity contribution >= 4 is 34.6 Å². The number of nitrogens with zero attached hydrogens (tertiary/aromatic N) is 6. The van der Waals surface area contributed by atoms with Gasteiger partial charge < -0.3 is 25.6 Å². The van der Waals surface area contributed by atoms with Gasteiger partial charge in [0.2, 0.25) is 11.8 Å². The average Bonchev–Trinajstić information content (AvgIpc) is 3.81. The lowest BCUT2D eigenvalue weighted by molar-refractivity contribution is -0.135. The molecule has 16 nitrogen and oxygen atoms in total. The fourth-order valence-electron chi connectivity index (χ4n) is 7.04. The number of benzene rings is 3. The molecule has 7 rings (SSSR count). The number of piperidine rings is 1. The monoisotopic (exact) mass is 787 g/mol. The van der Waals surface area contributed by atoms with E-state index in [1.807, 2.05) is 54.2 Å². The van der Waals surface area contributed by atoms with E-state index in [1.165, 1.54) is 9.13 Å². The lowest BCUT2D eigenvalue weighted by atomic mass is 10.1. The average molecular weight is 788 g/mol. The van der Waals surface area contributed by atoms with E-state index < -0.39 is 11.9 Å². The zero-order valence-corrected chi connectivity index (χ0v) is 32.3. The van der Waals surface area contributed by atoms with E-state index in [9.17, 15) is 24.3 Å². The van der Waals surface area contributed by atoms with Gasteiger partial charge in [0, 0.05) is 55.1 Å². The molecule has 1 saturated heterocycles. The summed E-state index contributed by atoms with van der Waals surface area (Å²) in [5.74, 6) is -0.627. The molecule has 6 aromatic rings. The van der Waals surface area contributed by atoms with E-state index in [-0.39, 0.29) is 41.5 Å². The van der Waals surface area contributed by atoms with E-state index >= 15 is 0 Å². The molecule has 0 bridgehead atoms. The maximum absolute atomic E-state index is 13.0. The number of carbonyl (C=O) groups excluding carboxylic acids is 3. The molecule has 0 saturated carbocycles. The number of carbonyl (C=O) groups is 3. The van der Waals surface area contributed by atoms with Gasteiger partial charge in [-0.1, -0.05) is 30.3 Å². The largest absolute Gasteiger partial charge is 0.507 e. The second-order valence-corrected chi connectivity index (χ2v) is 14.1. The van der Waals surface area contributed by atoms with Crippen molar-refractivity contribution in [2.45, 2.75) is 44.7 Å². The lowest BCUT2D eigenvalue weighted by Crippen LogP contribution is -2.44. The smallest absolute Gasteiger partial charge is 0.329 e. The first-order valence-electron chi connectivity index (χ1n) is 19.1. The van der Waals surface area contributed by atoms with Crippen molar-refractivity contribution in [2.75, 3.05) is 38.7 Å². The minimum absolute atomic E-state index is 0.0983. The van der Waals surface area contributed by atoms with Crippen LogP contribution in [0.4, 0.5) is 5.82 Å². The minimum atomic E-state index is -0.710. The second kappa shape index (κ2) is 17.7. The Morgan fingerprint density at radius 3 is 2.52 bits per heavy atom. The third-order valence-corrected chi connectivity index (χ3v) is 10.3. The second-order valence-electron chi connectivity index (χ2n) is 14.1. The van der Waals surface area contributed by atoms with Crippen LogP contribution in [0.25, 0.3) is 33.4 Å². The summed E-state index contributed by atoms with van der Waals surface area (Å²) >= 11 is 0. The number of nitrogens with one attached hydrogen (secondary N) is 2. The van der Waals surface area contributed by atoms with Crippen LogP contribution in [0.2, 0.25) is 0 Å². The molecular weight excluding hydrogens is 743 g/mol. The number of nitrogen functional groups attached to an aromatic ring is 1. The number of fused-ring (bicyclic) bond motifs is 1. The van der Waals surface area contributed by atoms with E-state index in [4.69, 9.17) is 15.2 Å². The lowest BCUT2D eigenvalue weighted by Gasteiger charge is -2.21. The molecule has 0 radical (unpaired) electrons. The van der Waals surface area contributed by atoms with Gasteiger partial charge in [-0.15, -0.1) is 10.2 Å².